The molecular weight excluding hydrogens is 332 g/mol. The molecule has 7 heteroatoms. The van der Waals surface area contributed by atoms with Crippen LogP contribution in [0.5, 0.6) is 0 Å². The van der Waals surface area contributed by atoms with E-state index in [2.05, 4.69) is 16.8 Å². The van der Waals surface area contributed by atoms with Crippen molar-refractivity contribution in [3.63, 3.8) is 0 Å². The summed E-state index contributed by atoms with van der Waals surface area (Å²) in [6.45, 7) is 4.31. The summed E-state index contributed by atoms with van der Waals surface area (Å²) >= 11 is 1.54. The number of hydrogen-bond acceptors (Lipinski definition) is 6. The molecule has 3 aliphatic rings. The Labute approximate surface area is 147 Å². The van der Waals surface area contributed by atoms with Crippen LogP contribution in [0.15, 0.2) is 0 Å². The van der Waals surface area contributed by atoms with Crippen LogP contribution < -0.4 is 11.5 Å². The van der Waals surface area contributed by atoms with Gasteiger partial charge in [-0.2, -0.15) is 0 Å². The molecule has 0 bridgehead atoms. The molecule has 2 unspecified atom stereocenters. The van der Waals surface area contributed by atoms with Gasteiger partial charge in [0.1, 0.15) is 0 Å². The van der Waals surface area contributed by atoms with Crippen molar-refractivity contribution in [2.45, 2.75) is 69.1 Å². The van der Waals surface area contributed by atoms with Gasteiger partial charge in [-0.1, -0.05) is 0 Å². The summed E-state index contributed by atoms with van der Waals surface area (Å²) in [6.07, 6.45) is 5.96. The Balaban J connectivity index is 0.00000156. The highest BCUT2D eigenvalue weighted by molar-refractivity contribution is 7.13. The maximum atomic E-state index is 12.8. The van der Waals surface area contributed by atoms with Crippen LogP contribution in [-0.4, -0.2) is 39.3 Å². The van der Waals surface area contributed by atoms with Crippen LogP contribution in [0.1, 0.15) is 59.4 Å². The molecule has 1 aromatic rings. The summed E-state index contributed by atoms with van der Waals surface area (Å²) in [5, 5.41) is 0.577. The standard InChI is InChI=1S/C16H24N4OS.ClH/c1-15(6-7-15)20-8-4-10-11(9-20)22-14(19-10)13(21)16(18)5-2-3-12(16)17;/h12H,2-9,17-18H2,1H3;1H. The highest BCUT2D eigenvalue weighted by atomic mass is 35.5. The van der Waals surface area contributed by atoms with E-state index in [0.29, 0.717) is 17.0 Å². The number of rotatable bonds is 3. The van der Waals surface area contributed by atoms with Crippen molar-refractivity contribution in [3.05, 3.63) is 15.6 Å². The lowest BCUT2D eigenvalue weighted by atomic mass is 9.90. The number of hydrogen-bond donors (Lipinski definition) is 2. The van der Waals surface area contributed by atoms with Crippen LogP contribution in [0.2, 0.25) is 0 Å². The number of carbonyl (C=O) groups is 1. The number of aromatic nitrogens is 1. The molecule has 2 heterocycles. The Morgan fingerprint density at radius 3 is 2.74 bits per heavy atom. The Morgan fingerprint density at radius 1 is 1.39 bits per heavy atom. The monoisotopic (exact) mass is 356 g/mol. The molecule has 1 aromatic heterocycles. The topological polar surface area (TPSA) is 85.2 Å². The SMILES string of the molecule is CC1(N2CCc3nc(C(=O)C4(N)CCCC4N)sc3C2)CC1.Cl. The van der Waals surface area contributed by atoms with Gasteiger partial charge in [-0.15, -0.1) is 23.7 Å². The second-order valence-electron chi connectivity index (χ2n) is 7.43. The maximum absolute atomic E-state index is 12.8. The van der Waals surface area contributed by atoms with Crippen molar-refractivity contribution >= 4 is 29.5 Å². The van der Waals surface area contributed by atoms with E-state index in [9.17, 15) is 4.79 Å². The Kier molecular flexibility index (Phi) is 4.34. The molecule has 2 aliphatic carbocycles. The highest BCUT2D eigenvalue weighted by Gasteiger charge is 2.47. The number of fused-ring (bicyclic) bond motifs is 1. The lowest BCUT2D eigenvalue weighted by Crippen LogP contribution is -2.57. The molecule has 0 spiro atoms. The summed E-state index contributed by atoms with van der Waals surface area (Å²) in [5.41, 5.74) is 13.0. The molecule has 4 rings (SSSR count). The molecule has 0 aromatic carbocycles. The second kappa shape index (κ2) is 5.77. The van der Waals surface area contributed by atoms with E-state index in [1.165, 1.54) is 17.7 Å². The quantitative estimate of drug-likeness (QED) is 0.807. The summed E-state index contributed by atoms with van der Waals surface area (Å²) in [6, 6.07) is -0.234. The number of nitrogens with two attached hydrogens (primary N) is 2. The molecular formula is C16H25ClN4OS. The fraction of sp³-hybridized carbons (Fsp3) is 0.750. The average Bonchev–Trinajstić information content (AvgIpc) is 2.96. The second-order valence-corrected chi connectivity index (χ2v) is 8.51. The van der Waals surface area contributed by atoms with Gasteiger partial charge in [0.05, 0.1) is 11.2 Å². The van der Waals surface area contributed by atoms with Gasteiger partial charge >= 0.3 is 0 Å². The molecule has 0 saturated heterocycles. The van der Waals surface area contributed by atoms with Crippen LogP contribution in [0.3, 0.4) is 0 Å². The summed E-state index contributed by atoms with van der Waals surface area (Å²) < 4.78 is 0. The molecule has 4 N–H and O–H groups in total. The fourth-order valence-corrected chi connectivity index (χ4v) is 4.95. The summed E-state index contributed by atoms with van der Waals surface area (Å²) in [7, 11) is 0. The summed E-state index contributed by atoms with van der Waals surface area (Å²) in [5.74, 6) is -0.0407. The zero-order valence-electron chi connectivity index (χ0n) is 13.5. The van der Waals surface area contributed by atoms with E-state index in [1.807, 2.05) is 0 Å². The third kappa shape index (κ3) is 2.74. The van der Waals surface area contributed by atoms with E-state index < -0.39 is 5.54 Å². The molecule has 128 valence electrons. The van der Waals surface area contributed by atoms with Crippen LogP contribution >= 0.6 is 23.7 Å². The minimum atomic E-state index is -0.900. The Bertz CT molecular complexity index is 630. The van der Waals surface area contributed by atoms with Crippen LogP contribution in [0.4, 0.5) is 0 Å². The van der Waals surface area contributed by atoms with Crippen LogP contribution in [0, 0.1) is 0 Å². The molecule has 0 radical (unpaired) electrons. The van der Waals surface area contributed by atoms with Gasteiger partial charge in [0.15, 0.2) is 5.01 Å². The van der Waals surface area contributed by atoms with Gasteiger partial charge in [-0.3, -0.25) is 9.69 Å². The first kappa shape index (κ1) is 17.3. The van der Waals surface area contributed by atoms with Crippen molar-refractivity contribution in [2.75, 3.05) is 6.54 Å². The van der Waals surface area contributed by atoms with E-state index in [0.717, 1.165) is 38.0 Å². The predicted octanol–water partition coefficient (Wildman–Crippen LogP) is 1.87. The normalized spacial score (nSPS) is 32.2. The highest BCUT2D eigenvalue weighted by Crippen LogP contribution is 2.44. The van der Waals surface area contributed by atoms with Crippen LogP contribution in [0.25, 0.3) is 0 Å². The van der Waals surface area contributed by atoms with Crippen molar-refractivity contribution in [1.82, 2.24) is 9.88 Å². The predicted molar refractivity (Wildman–Crippen MR) is 94.2 cm³/mol. The number of ketones is 1. The van der Waals surface area contributed by atoms with Gasteiger partial charge in [-0.25, -0.2) is 4.98 Å². The molecule has 2 atom stereocenters. The Hall–Kier alpha value is -0.530. The first-order chi connectivity index (χ1) is 10.4. The molecule has 2 saturated carbocycles. The minimum absolute atomic E-state index is 0. The summed E-state index contributed by atoms with van der Waals surface area (Å²) in [4.78, 5) is 21.2. The third-order valence-corrected chi connectivity index (χ3v) is 6.93. The van der Waals surface area contributed by atoms with Gasteiger partial charge in [0, 0.05) is 36.0 Å². The number of thiazole rings is 1. The van der Waals surface area contributed by atoms with E-state index >= 15 is 0 Å². The smallest absolute Gasteiger partial charge is 0.212 e. The van der Waals surface area contributed by atoms with Crippen molar-refractivity contribution in [1.29, 1.82) is 0 Å². The van der Waals surface area contributed by atoms with Crippen molar-refractivity contribution < 1.29 is 4.79 Å². The first-order valence-electron chi connectivity index (χ1n) is 8.25. The molecule has 5 nitrogen and oxygen atoms in total. The first-order valence-corrected chi connectivity index (χ1v) is 9.07. The lowest BCUT2D eigenvalue weighted by Gasteiger charge is -2.31. The van der Waals surface area contributed by atoms with Gasteiger partial charge < -0.3 is 11.5 Å². The van der Waals surface area contributed by atoms with Crippen molar-refractivity contribution in [2.24, 2.45) is 11.5 Å². The van der Waals surface area contributed by atoms with E-state index in [1.54, 1.807) is 11.3 Å². The fourth-order valence-electron chi connectivity index (χ4n) is 3.79. The van der Waals surface area contributed by atoms with Crippen molar-refractivity contribution in [3.8, 4) is 0 Å². The molecule has 0 amide bonds. The zero-order valence-corrected chi connectivity index (χ0v) is 15.1. The molecule has 1 aliphatic heterocycles. The number of nitrogens with zero attached hydrogens (tertiary/aromatic N) is 2. The van der Waals surface area contributed by atoms with Gasteiger partial charge in [0.25, 0.3) is 0 Å². The van der Waals surface area contributed by atoms with Crippen LogP contribution in [-0.2, 0) is 13.0 Å². The lowest BCUT2D eigenvalue weighted by molar-refractivity contribution is 0.0879. The van der Waals surface area contributed by atoms with E-state index in [-0.39, 0.29) is 24.2 Å². The maximum Gasteiger partial charge on any atom is 0.212 e. The molecule has 2 fully saturated rings. The van der Waals surface area contributed by atoms with E-state index in [4.69, 9.17) is 11.5 Å². The molecule has 23 heavy (non-hydrogen) atoms. The van der Waals surface area contributed by atoms with Gasteiger partial charge in [-0.05, 0) is 39.0 Å². The number of halogens is 1. The third-order valence-electron chi connectivity index (χ3n) is 5.85. The van der Waals surface area contributed by atoms with Gasteiger partial charge in [0.2, 0.25) is 5.78 Å². The zero-order chi connectivity index (χ0) is 15.5. The number of Topliss-reactive ketones (excluding diaryl/α,β-unsaturated/α-hetero) is 1. The minimum Gasteiger partial charge on any atom is -0.326 e. The number of carbonyl (C=O) groups excluding carboxylic acids is 1. The average molecular weight is 357 g/mol. The Morgan fingerprint density at radius 2 is 2.13 bits per heavy atom. The largest absolute Gasteiger partial charge is 0.326 e.